The summed E-state index contributed by atoms with van der Waals surface area (Å²) in [6.45, 7) is 14.3. The Morgan fingerprint density at radius 1 is 1.12 bits per heavy atom. The lowest BCUT2D eigenvalue weighted by Crippen LogP contribution is -2.36. The minimum Gasteiger partial charge on any atom is -0.481 e. The van der Waals surface area contributed by atoms with Crippen molar-refractivity contribution in [3.8, 4) is 5.75 Å². The molecule has 1 unspecified atom stereocenters. The predicted molar refractivity (Wildman–Crippen MR) is 100 cm³/mol. The summed E-state index contributed by atoms with van der Waals surface area (Å²) in [5, 5.41) is 6.66. The third-order valence-electron chi connectivity index (χ3n) is 3.93. The summed E-state index contributed by atoms with van der Waals surface area (Å²) in [5.41, 5.74) is 1.08. The van der Waals surface area contributed by atoms with Gasteiger partial charge in [-0.15, -0.1) is 0 Å². The fourth-order valence-corrected chi connectivity index (χ4v) is 2.23. The zero-order chi connectivity index (χ0) is 19.5. The Morgan fingerprint density at radius 3 is 2.23 bits per heavy atom. The van der Waals surface area contributed by atoms with E-state index in [1.807, 2.05) is 45.0 Å². The predicted octanol–water partition coefficient (Wildman–Crippen LogP) is 3.75. The molecule has 0 saturated heterocycles. The average Bonchev–Trinajstić information content (AvgIpc) is 3.01. The molecule has 0 radical (unpaired) electrons. The molecule has 0 aliphatic carbocycles. The van der Waals surface area contributed by atoms with Crippen LogP contribution in [-0.4, -0.2) is 22.2 Å². The van der Waals surface area contributed by atoms with Crippen LogP contribution in [0.5, 0.6) is 5.75 Å². The SMILES string of the molecule is CC(Oc1ccc(C(C)(C)C)cc1)C(=O)NCc1noc(C(C)(C)C)n1. The minimum absolute atomic E-state index is 0.0814. The van der Waals surface area contributed by atoms with Gasteiger partial charge >= 0.3 is 0 Å². The lowest BCUT2D eigenvalue weighted by molar-refractivity contribution is -0.127. The van der Waals surface area contributed by atoms with Gasteiger partial charge in [0.2, 0.25) is 5.89 Å². The number of carbonyl (C=O) groups is 1. The highest BCUT2D eigenvalue weighted by molar-refractivity contribution is 5.80. The molecule has 0 fully saturated rings. The summed E-state index contributed by atoms with van der Waals surface area (Å²) in [5.74, 6) is 1.43. The number of aromatic nitrogens is 2. The Morgan fingerprint density at radius 2 is 1.73 bits per heavy atom. The molecule has 6 nitrogen and oxygen atoms in total. The molecule has 26 heavy (non-hydrogen) atoms. The normalized spacial score (nSPS) is 13.3. The number of hydrogen-bond donors (Lipinski definition) is 1. The molecular formula is C20H29N3O3. The van der Waals surface area contributed by atoms with Crippen LogP contribution in [0.1, 0.15) is 65.7 Å². The highest BCUT2D eigenvalue weighted by atomic mass is 16.5. The molecule has 0 bridgehead atoms. The van der Waals surface area contributed by atoms with Gasteiger partial charge in [0.25, 0.3) is 5.91 Å². The number of amides is 1. The average molecular weight is 359 g/mol. The Hall–Kier alpha value is -2.37. The molecule has 0 saturated carbocycles. The van der Waals surface area contributed by atoms with E-state index >= 15 is 0 Å². The molecule has 2 aromatic rings. The van der Waals surface area contributed by atoms with Crippen LogP contribution in [0.15, 0.2) is 28.8 Å². The molecular weight excluding hydrogens is 330 g/mol. The molecule has 0 aliphatic rings. The first kappa shape index (κ1) is 19.9. The van der Waals surface area contributed by atoms with Crippen molar-refractivity contribution in [1.82, 2.24) is 15.5 Å². The van der Waals surface area contributed by atoms with Crippen molar-refractivity contribution >= 4 is 5.91 Å². The van der Waals surface area contributed by atoms with Crippen LogP contribution in [0, 0.1) is 0 Å². The molecule has 1 heterocycles. The van der Waals surface area contributed by atoms with Crippen molar-refractivity contribution in [1.29, 1.82) is 0 Å². The minimum atomic E-state index is -0.621. The van der Waals surface area contributed by atoms with Crippen molar-refractivity contribution in [2.75, 3.05) is 0 Å². The van der Waals surface area contributed by atoms with Crippen molar-refractivity contribution in [2.45, 2.75) is 71.9 Å². The summed E-state index contributed by atoms with van der Waals surface area (Å²) in [4.78, 5) is 16.5. The van der Waals surface area contributed by atoms with E-state index < -0.39 is 6.10 Å². The summed E-state index contributed by atoms with van der Waals surface area (Å²) in [6.07, 6.45) is -0.621. The summed E-state index contributed by atoms with van der Waals surface area (Å²) < 4.78 is 10.9. The number of hydrogen-bond acceptors (Lipinski definition) is 5. The van der Waals surface area contributed by atoms with Crippen LogP contribution in [0.4, 0.5) is 0 Å². The van der Waals surface area contributed by atoms with Crippen LogP contribution in [0.2, 0.25) is 0 Å². The van der Waals surface area contributed by atoms with E-state index in [2.05, 4.69) is 36.2 Å². The van der Waals surface area contributed by atoms with Gasteiger partial charge in [0.1, 0.15) is 5.75 Å². The molecule has 0 spiro atoms. The second-order valence-corrected chi connectivity index (χ2v) is 8.52. The fraction of sp³-hybridized carbons (Fsp3) is 0.550. The van der Waals surface area contributed by atoms with Crippen LogP contribution < -0.4 is 10.1 Å². The summed E-state index contributed by atoms with van der Waals surface area (Å²) >= 11 is 0. The first-order valence-electron chi connectivity index (χ1n) is 8.85. The van der Waals surface area contributed by atoms with Crippen LogP contribution >= 0.6 is 0 Å². The second kappa shape index (κ2) is 7.48. The van der Waals surface area contributed by atoms with Crippen molar-refractivity contribution in [3.05, 3.63) is 41.5 Å². The Labute approximate surface area is 155 Å². The van der Waals surface area contributed by atoms with E-state index in [1.165, 1.54) is 5.56 Å². The lowest BCUT2D eigenvalue weighted by atomic mass is 9.87. The maximum absolute atomic E-state index is 12.2. The first-order valence-corrected chi connectivity index (χ1v) is 8.85. The zero-order valence-electron chi connectivity index (χ0n) is 16.7. The maximum Gasteiger partial charge on any atom is 0.261 e. The van der Waals surface area contributed by atoms with Crippen LogP contribution in [-0.2, 0) is 22.2 Å². The van der Waals surface area contributed by atoms with Crippen LogP contribution in [0.3, 0.4) is 0 Å². The van der Waals surface area contributed by atoms with Gasteiger partial charge in [0, 0.05) is 5.41 Å². The van der Waals surface area contributed by atoms with E-state index in [4.69, 9.17) is 9.26 Å². The number of nitrogens with one attached hydrogen (secondary N) is 1. The maximum atomic E-state index is 12.2. The van der Waals surface area contributed by atoms with Crippen molar-refractivity contribution in [3.63, 3.8) is 0 Å². The number of benzene rings is 1. The molecule has 2 rings (SSSR count). The third-order valence-corrected chi connectivity index (χ3v) is 3.93. The number of carbonyl (C=O) groups excluding carboxylic acids is 1. The highest BCUT2D eigenvalue weighted by Crippen LogP contribution is 2.24. The van der Waals surface area contributed by atoms with E-state index in [9.17, 15) is 4.79 Å². The van der Waals surface area contributed by atoms with Gasteiger partial charge in [-0.05, 0) is 30.0 Å². The molecule has 1 aromatic heterocycles. The monoisotopic (exact) mass is 359 g/mol. The Kier molecular flexibility index (Phi) is 5.74. The largest absolute Gasteiger partial charge is 0.481 e. The second-order valence-electron chi connectivity index (χ2n) is 8.52. The van der Waals surface area contributed by atoms with Gasteiger partial charge in [-0.2, -0.15) is 4.98 Å². The summed E-state index contributed by atoms with van der Waals surface area (Å²) in [7, 11) is 0. The van der Waals surface area contributed by atoms with E-state index in [1.54, 1.807) is 6.92 Å². The van der Waals surface area contributed by atoms with Gasteiger partial charge in [0.15, 0.2) is 11.9 Å². The van der Waals surface area contributed by atoms with E-state index in [0.29, 0.717) is 17.5 Å². The molecule has 142 valence electrons. The topological polar surface area (TPSA) is 77.2 Å². The smallest absolute Gasteiger partial charge is 0.261 e. The molecule has 1 atom stereocenters. The molecule has 0 aliphatic heterocycles. The standard InChI is InChI=1S/C20H29N3O3/c1-13(25-15-10-8-14(9-11-15)19(2,3)4)17(24)21-12-16-22-18(26-23-16)20(5,6)7/h8-11,13H,12H2,1-7H3,(H,21,24). The van der Waals surface area contributed by atoms with Crippen molar-refractivity contribution < 1.29 is 14.1 Å². The molecule has 1 N–H and O–H groups in total. The zero-order valence-corrected chi connectivity index (χ0v) is 16.7. The molecule has 1 amide bonds. The molecule has 1 aromatic carbocycles. The van der Waals surface area contributed by atoms with Gasteiger partial charge in [-0.1, -0.05) is 58.8 Å². The van der Waals surface area contributed by atoms with E-state index in [0.717, 1.165) is 0 Å². The Bertz CT molecular complexity index is 737. The van der Waals surface area contributed by atoms with Crippen molar-refractivity contribution in [2.24, 2.45) is 0 Å². The van der Waals surface area contributed by atoms with Crippen LogP contribution in [0.25, 0.3) is 0 Å². The fourth-order valence-electron chi connectivity index (χ4n) is 2.23. The number of ether oxygens (including phenoxy) is 1. The van der Waals surface area contributed by atoms with Gasteiger partial charge in [0.05, 0.1) is 6.54 Å². The quantitative estimate of drug-likeness (QED) is 0.880. The van der Waals surface area contributed by atoms with Gasteiger partial charge in [-0.25, -0.2) is 0 Å². The number of rotatable bonds is 5. The van der Waals surface area contributed by atoms with E-state index in [-0.39, 0.29) is 23.3 Å². The van der Waals surface area contributed by atoms with Gasteiger partial charge < -0.3 is 14.6 Å². The Balaban J connectivity index is 1.88. The summed E-state index contributed by atoms with van der Waals surface area (Å²) in [6, 6.07) is 7.82. The highest BCUT2D eigenvalue weighted by Gasteiger charge is 2.22. The van der Waals surface area contributed by atoms with Gasteiger partial charge in [-0.3, -0.25) is 4.79 Å². The number of nitrogens with zero attached hydrogens (tertiary/aromatic N) is 2. The molecule has 6 heteroatoms. The lowest BCUT2D eigenvalue weighted by Gasteiger charge is -2.20. The first-order chi connectivity index (χ1) is 12.0. The third kappa shape index (κ3) is 5.31.